The van der Waals surface area contributed by atoms with Gasteiger partial charge in [-0.2, -0.15) is 0 Å². The summed E-state index contributed by atoms with van der Waals surface area (Å²) < 4.78 is 35.7. The molecule has 0 unspecified atom stereocenters. The van der Waals surface area contributed by atoms with Gasteiger partial charge >= 0.3 is 0 Å². The van der Waals surface area contributed by atoms with Gasteiger partial charge in [0, 0.05) is 6.07 Å². The zero-order valence-electron chi connectivity index (χ0n) is 13.7. The Bertz CT molecular complexity index is 570. The minimum Gasteiger partial charge on any atom is -0.496 e. The summed E-state index contributed by atoms with van der Waals surface area (Å²) in [4.78, 5) is 0.198. The highest BCUT2D eigenvalue weighted by atomic mass is 32.2. The molecule has 1 aromatic carbocycles. The van der Waals surface area contributed by atoms with E-state index >= 15 is 0 Å². The fourth-order valence-electron chi connectivity index (χ4n) is 2.36. The minimum atomic E-state index is -3.38. The highest BCUT2D eigenvalue weighted by molar-refractivity contribution is 7.91. The molecular weight excluding hydrogens is 302 g/mol. The number of nitrogens with two attached hydrogens (primary N) is 1. The van der Waals surface area contributed by atoms with Gasteiger partial charge in [-0.1, -0.05) is 26.2 Å². The molecular formula is C16H27NO4S. The van der Waals surface area contributed by atoms with E-state index in [4.69, 9.17) is 15.2 Å². The van der Waals surface area contributed by atoms with Crippen molar-refractivity contribution in [1.82, 2.24) is 0 Å². The predicted molar refractivity (Wildman–Crippen MR) is 88.5 cm³/mol. The molecule has 0 fully saturated rings. The van der Waals surface area contributed by atoms with Gasteiger partial charge in [0.25, 0.3) is 0 Å². The van der Waals surface area contributed by atoms with Gasteiger partial charge < -0.3 is 15.2 Å². The van der Waals surface area contributed by atoms with Crippen molar-refractivity contribution in [3.05, 3.63) is 17.7 Å². The zero-order chi connectivity index (χ0) is 16.6. The number of methoxy groups -OCH3 is 2. The Morgan fingerprint density at radius 3 is 2.27 bits per heavy atom. The minimum absolute atomic E-state index is 0.128. The topological polar surface area (TPSA) is 78.6 Å². The molecule has 0 aromatic heterocycles. The fourth-order valence-corrected chi connectivity index (χ4v) is 3.90. The summed E-state index contributed by atoms with van der Waals surface area (Å²) in [5.41, 5.74) is 6.43. The largest absolute Gasteiger partial charge is 0.496 e. The van der Waals surface area contributed by atoms with E-state index in [9.17, 15) is 8.42 Å². The Hall–Kier alpha value is -1.27. The molecule has 0 aliphatic rings. The zero-order valence-corrected chi connectivity index (χ0v) is 14.5. The first-order chi connectivity index (χ1) is 10.5. The first-order valence-electron chi connectivity index (χ1n) is 7.67. The summed E-state index contributed by atoms with van der Waals surface area (Å²) in [6, 6.07) is 3.27. The van der Waals surface area contributed by atoms with Gasteiger partial charge in [0.1, 0.15) is 16.4 Å². The highest BCUT2D eigenvalue weighted by Gasteiger charge is 2.22. The lowest BCUT2D eigenvalue weighted by Gasteiger charge is -2.15. The molecule has 1 aromatic rings. The Morgan fingerprint density at radius 2 is 1.73 bits per heavy atom. The normalized spacial score (nSPS) is 11.5. The van der Waals surface area contributed by atoms with E-state index in [0.29, 0.717) is 30.9 Å². The lowest BCUT2D eigenvalue weighted by atomic mass is 10.1. The van der Waals surface area contributed by atoms with Crippen LogP contribution in [0, 0.1) is 0 Å². The van der Waals surface area contributed by atoms with E-state index in [0.717, 1.165) is 24.8 Å². The quantitative estimate of drug-likeness (QED) is 0.667. The number of rotatable bonds is 10. The number of benzene rings is 1. The van der Waals surface area contributed by atoms with Crippen molar-refractivity contribution in [1.29, 1.82) is 0 Å². The van der Waals surface area contributed by atoms with Gasteiger partial charge in [-0.3, -0.25) is 0 Å². The van der Waals surface area contributed by atoms with Crippen molar-refractivity contribution in [2.75, 3.05) is 26.5 Å². The van der Waals surface area contributed by atoms with Crippen LogP contribution in [-0.2, 0) is 16.3 Å². The lowest BCUT2D eigenvalue weighted by Crippen LogP contribution is -2.11. The number of ether oxygens (including phenoxy) is 2. The molecule has 2 N–H and O–H groups in total. The molecule has 0 atom stereocenters. The van der Waals surface area contributed by atoms with Crippen LogP contribution >= 0.6 is 0 Å². The molecule has 5 nitrogen and oxygen atoms in total. The van der Waals surface area contributed by atoms with E-state index in [1.54, 1.807) is 12.1 Å². The van der Waals surface area contributed by atoms with Crippen LogP contribution in [0.4, 0.5) is 0 Å². The van der Waals surface area contributed by atoms with E-state index < -0.39 is 9.84 Å². The van der Waals surface area contributed by atoms with Gasteiger partial charge in [-0.25, -0.2) is 8.42 Å². The van der Waals surface area contributed by atoms with E-state index in [1.165, 1.54) is 14.2 Å². The maximum Gasteiger partial charge on any atom is 0.182 e. The molecule has 1 rings (SSSR count). The van der Waals surface area contributed by atoms with Crippen LogP contribution in [0.15, 0.2) is 17.0 Å². The third kappa shape index (κ3) is 4.88. The van der Waals surface area contributed by atoms with E-state index in [1.807, 2.05) is 0 Å². The van der Waals surface area contributed by atoms with Gasteiger partial charge in [0.2, 0.25) is 0 Å². The Morgan fingerprint density at radius 1 is 1.05 bits per heavy atom. The molecule has 0 radical (unpaired) electrons. The van der Waals surface area contributed by atoms with Gasteiger partial charge in [0.15, 0.2) is 9.84 Å². The highest BCUT2D eigenvalue weighted by Crippen LogP contribution is 2.33. The maximum atomic E-state index is 12.6. The van der Waals surface area contributed by atoms with Crippen LogP contribution in [0.3, 0.4) is 0 Å². The SMILES string of the molecule is CCCCCCS(=O)(=O)c1cc(OC)c(CCN)cc1OC. The summed E-state index contributed by atoms with van der Waals surface area (Å²) in [6.07, 6.45) is 4.30. The van der Waals surface area contributed by atoms with Crippen molar-refractivity contribution in [3.63, 3.8) is 0 Å². The predicted octanol–water partition coefficient (Wildman–Crippen LogP) is 2.56. The van der Waals surface area contributed by atoms with Crippen LogP contribution in [0.5, 0.6) is 11.5 Å². The number of sulfone groups is 1. The van der Waals surface area contributed by atoms with Crippen LogP contribution in [0.2, 0.25) is 0 Å². The number of hydrogen-bond donors (Lipinski definition) is 1. The van der Waals surface area contributed by atoms with Crippen LogP contribution < -0.4 is 15.2 Å². The first-order valence-corrected chi connectivity index (χ1v) is 9.33. The van der Waals surface area contributed by atoms with Crippen molar-refractivity contribution in [2.45, 2.75) is 43.9 Å². The lowest BCUT2D eigenvalue weighted by molar-refractivity contribution is 0.388. The number of hydrogen-bond acceptors (Lipinski definition) is 5. The smallest absolute Gasteiger partial charge is 0.182 e. The summed E-state index contributed by atoms with van der Waals surface area (Å²) in [5, 5.41) is 0. The molecule has 0 aliphatic heterocycles. The Kier molecular flexibility index (Phi) is 7.68. The average molecular weight is 329 g/mol. The van der Waals surface area contributed by atoms with Crippen molar-refractivity contribution < 1.29 is 17.9 Å². The summed E-state index contributed by atoms with van der Waals surface area (Å²) in [5.74, 6) is 1.03. The van der Waals surface area contributed by atoms with Gasteiger partial charge in [-0.05, 0) is 31.0 Å². The fraction of sp³-hybridized carbons (Fsp3) is 0.625. The molecule has 22 heavy (non-hydrogen) atoms. The summed E-state index contributed by atoms with van der Waals surface area (Å²) in [7, 11) is -0.380. The maximum absolute atomic E-state index is 12.6. The molecule has 6 heteroatoms. The molecule has 0 bridgehead atoms. The molecule has 0 saturated heterocycles. The van der Waals surface area contributed by atoms with E-state index in [2.05, 4.69) is 6.92 Å². The first kappa shape index (κ1) is 18.8. The van der Waals surface area contributed by atoms with Crippen LogP contribution in [0.1, 0.15) is 38.2 Å². The second kappa shape index (κ2) is 9.00. The molecule has 0 aliphatic carbocycles. The molecule has 0 spiro atoms. The van der Waals surface area contributed by atoms with Crippen LogP contribution in [0.25, 0.3) is 0 Å². The number of unbranched alkanes of at least 4 members (excludes halogenated alkanes) is 3. The molecule has 126 valence electrons. The third-order valence-corrected chi connectivity index (χ3v) is 5.40. The van der Waals surface area contributed by atoms with Crippen molar-refractivity contribution in [3.8, 4) is 11.5 Å². The summed E-state index contributed by atoms with van der Waals surface area (Å²) >= 11 is 0. The van der Waals surface area contributed by atoms with E-state index in [-0.39, 0.29) is 10.6 Å². The third-order valence-electron chi connectivity index (χ3n) is 3.58. The summed E-state index contributed by atoms with van der Waals surface area (Å²) in [6.45, 7) is 2.56. The second-order valence-electron chi connectivity index (χ2n) is 5.23. The van der Waals surface area contributed by atoms with Crippen molar-refractivity contribution >= 4 is 9.84 Å². The van der Waals surface area contributed by atoms with Crippen molar-refractivity contribution in [2.24, 2.45) is 5.73 Å². The van der Waals surface area contributed by atoms with Gasteiger partial charge in [-0.15, -0.1) is 0 Å². The molecule has 0 amide bonds. The second-order valence-corrected chi connectivity index (χ2v) is 7.31. The van der Waals surface area contributed by atoms with Crippen LogP contribution in [-0.4, -0.2) is 34.9 Å². The molecule has 0 heterocycles. The van der Waals surface area contributed by atoms with Gasteiger partial charge in [0.05, 0.1) is 20.0 Å². The Balaban J connectivity index is 3.10. The Labute approximate surface area is 133 Å². The standard InChI is InChI=1S/C16H27NO4S/c1-4-5-6-7-10-22(18,19)16-12-14(20-2)13(8-9-17)11-15(16)21-3/h11-12H,4-10,17H2,1-3H3. The molecule has 0 saturated carbocycles. The monoisotopic (exact) mass is 329 g/mol. The average Bonchev–Trinajstić information content (AvgIpc) is 2.51.